The van der Waals surface area contributed by atoms with Crippen molar-refractivity contribution in [2.45, 2.75) is 12.7 Å². The number of carboxylic acids is 1. The molecular formula is C9H6BF3O2. The molecule has 1 aromatic rings. The van der Waals surface area contributed by atoms with Gasteiger partial charge in [-0.2, -0.15) is 0 Å². The van der Waals surface area contributed by atoms with Crippen molar-refractivity contribution in [3.05, 3.63) is 28.6 Å². The fourth-order valence-corrected chi connectivity index (χ4v) is 1.96. The van der Waals surface area contributed by atoms with Crippen LogP contribution in [0.3, 0.4) is 0 Å². The summed E-state index contributed by atoms with van der Waals surface area (Å²) in [6.07, 6.45) is 0.786. The first-order chi connectivity index (χ1) is 7.04. The maximum Gasteiger partial charge on any atom is 0.338 e. The number of hydrogen-bond donors (Lipinski definition) is 1. The number of rotatable bonds is 1. The fraction of sp³-hybridized carbons (Fsp3) is 0.222. The van der Waals surface area contributed by atoms with Gasteiger partial charge in [0.2, 0.25) is 0 Å². The van der Waals surface area contributed by atoms with Crippen molar-refractivity contribution in [1.82, 2.24) is 0 Å². The first-order valence-corrected chi connectivity index (χ1v) is 4.45. The van der Waals surface area contributed by atoms with Crippen molar-refractivity contribution in [2.24, 2.45) is 0 Å². The third-order valence-corrected chi connectivity index (χ3v) is 2.60. The molecule has 0 unspecified atom stereocenters. The summed E-state index contributed by atoms with van der Waals surface area (Å²) in [5.74, 6) is -6.08. The average molecular weight is 214 g/mol. The van der Waals surface area contributed by atoms with E-state index in [1.165, 1.54) is 0 Å². The average Bonchev–Trinajstić information content (AvgIpc) is 2.62. The van der Waals surface area contributed by atoms with E-state index in [1.54, 1.807) is 0 Å². The number of benzene rings is 1. The van der Waals surface area contributed by atoms with Gasteiger partial charge in [0.25, 0.3) is 0 Å². The standard InChI is InChI=1S/C9H6BF3O2/c11-6-3-1-2-10-5(3)4(9(14)15)7(12)8(6)13/h10H,1-2H2,(H,14,15). The smallest absolute Gasteiger partial charge is 0.338 e. The normalized spacial score (nSPS) is 13.5. The van der Waals surface area contributed by atoms with Gasteiger partial charge in [0.05, 0.1) is 5.56 Å². The highest BCUT2D eigenvalue weighted by molar-refractivity contribution is 6.57. The monoisotopic (exact) mass is 214 g/mol. The Morgan fingerprint density at radius 2 is 1.87 bits per heavy atom. The molecule has 2 nitrogen and oxygen atoms in total. The van der Waals surface area contributed by atoms with Crippen LogP contribution in [0, 0.1) is 17.5 Å². The Morgan fingerprint density at radius 1 is 1.20 bits per heavy atom. The number of hydrogen-bond acceptors (Lipinski definition) is 1. The van der Waals surface area contributed by atoms with Gasteiger partial charge in [-0.1, -0.05) is 11.8 Å². The molecule has 1 heterocycles. The summed E-state index contributed by atoms with van der Waals surface area (Å²) in [4.78, 5) is 10.7. The number of fused-ring (bicyclic) bond motifs is 1. The summed E-state index contributed by atoms with van der Waals surface area (Å²) < 4.78 is 39.4. The first kappa shape index (κ1) is 10.1. The second kappa shape index (κ2) is 3.29. The van der Waals surface area contributed by atoms with Crippen LogP contribution in [0.15, 0.2) is 0 Å². The van der Waals surface area contributed by atoms with E-state index in [0.29, 0.717) is 6.32 Å². The highest BCUT2D eigenvalue weighted by Gasteiger charge is 2.30. The Balaban J connectivity index is 2.81. The molecule has 1 aromatic carbocycles. The van der Waals surface area contributed by atoms with Crippen LogP contribution in [0.1, 0.15) is 15.9 Å². The van der Waals surface area contributed by atoms with Crippen molar-refractivity contribution in [2.75, 3.05) is 0 Å². The SMILES string of the molecule is O=C(O)c1c(F)c(F)c(F)c2c1BCC2. The van der Waals surface area contributed by atoms with Crippen molar-refractivity contribution in [3.8, 4) is 0 Å². The van der Waals surface area contributed by atoms with Crippen molar-refractivity contribution in [1.29, 1.82) is 0 Å². The Kier molecular flexibility index (Phi) is 2.21. The maximum absolute atomic E-state index is 13.2. The zero-order valence-electron chi connectivity index (χ0n) is 7.61. The minimum Gasteiger partial charge on any atom is -0.478 e. The first-order valence-electron chi connectivity index (χ1n) is 4.45. The number of halogens is 3. The number of aromatic carboxylic acids is 1. The van der Waals surface area contributed by atoms with Crippen LogP contribution in [0.5, 0.6) is 0 Å². The molecule has 1 aliphatic heterocycles. The lowest BCUT2D eigenvalue weighted by Gasteiger charge is -2.08. The van der Waals surface area contributed by atoms with E-state index in [2.05, 4.69) is 0 Å². The van der Waals surface area contributed by atoms with Crippen LogP contribution < -0.4 is 5.46 Å². The van der Waals surface area contributed by atoms with Gasteiger partial charge in [0.15, 0.2) is 24.7 Å². The van der Waals surface area contributed by atoms with E-state index in [4.69, 9.17) is 5.11 Å². The predicted octanol–water partition coefficient (Wildman–Crippen LogP) is 0.838. The van der Waals surface area contributed by atoms with Gasteiger partial charge >= 0.3 is 5.97 Å². The molecule has 0 fully saturated rings. The Morgan fingerprint density at radius 3 is 2.47 bits per heavy atom. The van der Waals surface area contributed by atoms with Crippen molar-refractivity contribution in [3.63, 3.8) is 0 Å². The minimum atomic E-state index is -1.69. The van der Waals surface area contributed by atoms with Crippen LogP contribution in [0.2, 0.25) is 6.32 Å². The lowest BCUT2D eigenvalue weighted by Crippen LogP contribution is -2.26. The molecule has 2 rings (SSSR count). The van der Waals surface area contributed by atoms with Crippen LogP contribution in [-0.4, -0.2) is 18.4 Å². The lowest BCUT2D eigenvalue weighted by atomic mass is 9.70. The molecule has 0 saturated carbocycles. The molecule has 0 saturated heterocycles. The minimum absolute atomic E-state index is 0.00583. The molecule has 15 heavy (non-hydrogen) atoms. The summed E-state index contributed by atoms with van der Waals surface area (Å²) in [6.45, 7) is 0. The zero-order chi connectivity index (χ0) is 11.2. The van der Waals surface area contributed by atoms with E-state index in [1.807, 2.05) is 0 Å². The highest BCUT2D eigenvalue weighted by atomic mass is 19.2. The van der Waals surface area contributed by atoms with Gasteiger partial charge in [-0.3, -0.25) is 0 Å². The van der Waals surface area contributed by atoms with Crippen molar-refractivity contribution >= 4 is 18.7 Å². The van der Waals surface area contributed by atoms with Crippen LogP contribution >= 0.6 is 0 Å². The number of carbonyl (C=O) groups is 1. The third-order valence-electron chi connectivity index (χ3n) is 2.60. The lowest BCUT2D eigenvalue weighted by molar-refractivity contribution is 0.0692. The molecule has 0 aliphatic carbocycles. The summed E-state index contributed by atoms with van der Waals surface area (Å²) >= 11 is 0. The van der Waals surface area contributed by atoms with E-state index in [-0.39, 0.29) is 24.7 Å². The molecule has 0 atom stereocenters. The van der Waals surface area contributed by atoms with Gasteiger partial charge in [-0.25, -0.2) is 18.0 Å². The Bertz CT molecular complexity index is 459. The summed E-state index contributed by atoms with van der Waals surface area (Å²) in [5, 5.41) is 8.72. The van der Waals surface area contributed by atoms with Gasteiger partial charge in [-0.05, 0) is 12.0 Å². The maximum atomic E-state index is 13.2. The third kappa shape index (κ3) is 1.32. The molecule has 0 spiro atoms. The van der Waals surface area contributed by atoms with Crippen molar-refractivity contribution < 1.29 is 23.1 Å². The highest BCUT2D eigenvalue weighted by Crippen LogP contribution is 2.22. The number of carboxylic acid groups (broad SMARTS) is 1. The molecule has 1 aliphatic rings. The molecule has 0 bridgehead atoms. The predicted molar refractivity (Wildman–Crippen MR) is 48.6 cm³/mol. The van der Waals surface area contributed by atoms with Gasteiger partial charge in [0.1, 0.15) is 0 Å². The topological polar surface area (TPSA) is 37.3 Å². The largest absolute Gasteiger partial charge is 0.478 e. The van der Waals surface area contributed by atoms with E-state index < -0.39 is 29.0 Å². The summed E-state index contributed by atoms with van der Waals surface area (Å²) in [6, 6.07) is 0. The van der Waals surface area contributed by atoms with E-state index >= 15 is 0 Å². The van der Waals surface area contributed by atoms with Crippen LogP contribution in [-0.2, 0) is 6.42 Å². The molecule has 1 N–H and O–H groups in total. The van der Waals surface area contributed by atoms with Gasteiger partial charge < -0.3 is 5.11 Å². The van der Waals surface area contributed by atoms with Gasteiger partial charge in [-0.15, -0.1) is 0 Å². The Hall–Kier alpha value is -1.46. The van der Waals surface area contributed by atoms with E-state index in [9.17, 15) is 18.0 Å². The Labute approximate surface area is 84.0 Å². The molecule has 0 radical (unpaired) electrons. The van der Waals surface area contributed by atoms with Gasteiger partial charge in [0, 0.05) is 0 Å². The van der Waals surface area contributed by atoms with Crippen LogP contribution in [0.25, 0.3) is 0 Å². The molecular weight excluding hydrogens is 208 g/mol. The van der Waals surface area contributed by atoms with Crippen LogP contribution in [0.4, 0.5) is 13.2 Å². The molecule has 78 valence electrons. The molecule has 0 aromatic heterocycles. The molecule has 0 amide bonds. The summed E-state index contributed by atoms with van der Waals surface area (Å²) in [7, 11) is 0.283. The second-order valence-corrected chi connectivity index (χ2v) is 3.43. The molecule has 6 heteroatoms. The fourth-order valence-electron chi connectivity index (χ4n) is 1.96. The summed E-state index contributed by atoms with van der Waals surface area (Å²) in [5.41, 5.74) is -0.619. The quantitative estimate of drug-likeness (QED) is 0.555. The zero-order valence-corrected chi connectivity index (χ0v) is 7.61. The van der Waals surface area contributed by atoms with E-state index in [0.717, 1.165) is 0 Å². The second-order valence-electron chi connectivity index (χ2n) is 3.43.